The molecule has 5 rings (SSSR count). The number of H-pyrrole nitrogens is 1. The molecule has 0 amide bonds. The predicted octanol–water partition coefficient (Wildman–Crippen LogP) is 5.53. The lowest BCUT2D eigenvalue weighted by molar-refractivity contribution is 0.271. The monoisotopic (exact) mass is 478 g/mol. The fourth-order valence-corrected chi connectivity index (χ4v) is 4.39. The molecule has 0 aliphatic carbocycles. The SMILES string of the molecule is CCN1CCN(c2ccc(Nc3ncnc(Oc4cc(F)c5[nH]c(C)cc5c4F)c3C)cc2)CC1. The standard InChI is InChI=1S/C26H28F2N6O/c1-4-33-9-11-34(12-10-33)19-7-5-18(6-8-19)32-25-17(3)26(30-15-29-25)35-22-14-21(27)24-20(23(22)28)13-16(2)31-24/h5-8,13-15,31H,4,9-12H2,1-3H3,(H,29,30,32). The third-order valence-corrected chi connectivity index (χ3v) is 6.46. The molecule has 4 aromatic rings. The summed E-state index contributed by atoms with van der Waals surface area (Å²) in [5.74, 6) is -0.787. The minimum absolute atomic E-state index is 0.116. The van der Waals surface area contributed by atoms with Crippen LogP contribution in [0, 0.1) is 25.5 Å². The molecule has 1 fully saturated rings. The largest absolute Gasteiger partial charge is 0.435 e. The molecule has 0 unspecified atom stereocenters. The molecular formula is C26H28F2N6O. The van der Waals surface area contributed by atoms with E-state index in [0.717, 1.165) is 44.5 Å². The highest BCUT2D eigenvalue weighted by atomic mass is 19.1. The number of aromatic amines is 1. The molecule has 182 valence electrons. The van der Waals surface area contributed by atoms with Crippen LogP contribution in [0.5, 0.6) is 11.6 Å². The van der Waals surface area contributed by atoms with Crippen LogP contribution in [0.2, 0.25) is 0 Å². The fraction of sp³-hybridized carbons (Fsp3) is 0.308. The first-order valence-corrected chi connectivity index (χ1v) is 11.7. The molecule has 1 saturated heterocycles. The Kier molecular flexibility index (Phi) is 6.25. The van der Waals surface area contributed by atoms with Gasteiger partial charge in [-0.25, -0.2) is 18.7 Å². The predicted molar refractivity (Wildman–Crippen MR) is 134 cm³/mol. The van der Waals surface area contributed by atoms with Crippen molar-refractivity contribution in [3.05, 3.63) is 65.6 Å². The fourth-order valence-electron chi connectivity index (χ4n) is 4.39. The number of rotatable bonds is 6. The van der Waals surface area contributed by atoms with Gasteiger partial charge in [0.05, 0.1) is 11.1 Å². The Morgan fingerprint density at radius 1 is 1.03 bits per heavy atom. The number of halogens is 2. The maximum atomic E-state index is 15.0. The van der Waals surface area contributed by atoms with Gasteiger partial charge in [-0.1, -0.05) is 6.92 Å². The first kappa shape index (κ1) is 23.0. The van der Waals surface area contributed by atoms with Crippen molar-refractivity contribution < 1.29 is 13.5 Å². The molecule has 0 bridgehead atoms. The number of nitrogens with zero attached hydrogens (tertiary/aromatic N) is 4. The average Bonchev–Trinajstić information content (AvgIpc) is 3.28. The Labute approximate surface area is 202 Å². The molecule has 2 aromatic carbocycles. The van der Waals surface area contributed by atoms with E-state index in [1.165, 1.54) is 12.0 Å². The molecule has 7 nitrogen and oxygen atoms in total. The first-order valence-electron chi connectivity index (χ1n) is 11.7. The van der Waals surface area contributed by atoms with E-state index < -0.39 is 11.6 Å². The van der Waals surface area contributed by atoms with Crippen molar-refractivity contribution in [2.75, 3.05) is 42.9 Å². The number of ether oxygens (including phenoxy) is 1. The zero-order valence-corrected chi connectivity index (χ0v) is 20.0. The molecule has 1 aliphatic heterocycles. The number of anilines is 3. The van der Waals surface area contributed by atoms with Crippen LogP contribution in [-0.2, 0) is 0 Å². The van der Waals surface area contributed by atoms with Gasteiger partial charge in [-0.05, 0) is 50.7 Å². The lowest BCUT2D eigenvalue weighted by Crippen LogP contribution is -2.46. The van der Waals surface area contributed by atoms with Gasteiger partial charge in [0.2, 0.25) is 5.88 Å². The second-order valence-electron chi connectivity index (χ2n) is 8.76. The van der Waals surface area contributed by atoms with Crippen molar-refractivity contribution >= 4 is 28.1 Å². The van der Waals surface area contributed by atoms with Gasteiger partial charge < -0.3 is 24.8 Å². The topological polar surface area (TPSA) is 69.3 Å². The lowest BCUT2D eigenvalue weighted by atomic mass is 10.2. The second kappa shape index (κ2) is 9.50. The van der Waals surface area contributed by atoms with Crippen LogP contribution in [0.25, 0.3) is 10.9 Å². The van der Waals surface area contributed by atoms with E-state index in [2.05, 4.69) is 49.1 Å². The van der Waals surface area contributed by atoms with Crippen molar-refractivity contribution in [3.63, 3.8) is 0 Å². The summed E-state index contributed by atoms with van der Waals surface area (Å²) in [6.07, 6.45) is 1.33. The molecule has 9 heteroatoms. The summed E-state index contributed by atoms with van der Waals surface area (Å²) in [5, 5.41) is 3.41. The summed E-state index contributed by atoms with van der Waals surface area (Å²) < 4.78 is 35.2. The summed E-state index contributed by atoms with van der Waals surface area (Å²) in [5.41, 5.74) is 3.40. The molecule has 2 aromatic heterocycles. The average molecular weight is 479 g/mol. The molecule has 3 heterocycles. The third-order valence-electron chi connectivity index (χ3n) is 6.46. The number of nitrogens with one attached hydrogen (secondary N) is 2. The van der Waals surface area contributed by atoms with E-state index in [-0.39, 0.29) is 22.5 Å². The van der Waals surface area contributed by atoms with Gasteiger partial charge in [-0.3, -0.25) is 0 Å². The Hall–Kier alpha value is -3.72. The van der Waals surface area contributed by atoms with E-state index in [4.69, 9.17) is 4.74 Å². The van der Waals surface area contributed by atoms with E-state index in [9.17, 15) is 8.78 Å². The molecule has 0 spiro atoms. The van der Waals surface area contributed by atoms with Crippen LogP contribution < -0.4 is 15.0 Å². The van der Waals surface area contributed by atoms with Crippen molar-refractivity contribution in [1.82, 2.24) is 19.9 Å². The summed E-state index contributed by atoms with van der Waals surface area (Å²) in [7, 11) is 0. The number of aromatic nitrogens is 3. The summed E-state index contributed by atoms with van der Waals surface area (Å²) in [6, 6.07) is 10.8. The van der Waals surface area contributed by atoms with Gasteiger partial charge in [0.1, 0.15) is 12.1 Å². The normalized spacial score (nSPS) is 14.5. The van der Waals surface area contributed by atoms with Gasteiger partial charge in [-0.15, -0.1) is 0 Å². The quantitative estimate of drug-likeness (QED) is 0.380. The summed E-state index contributed by atoms with van der Waals surface area (Å²) >= 11 is 0. The van der Waals surface area contributed by atoms with Crippen molar-refractivity contribution in [2.45, 2.75) is 20.8 Å². The van der Waals surface area contributed by atoms with Crippen LogP contribution in [0.4, 0.5) is 26.0 Å². The Morgan fingerprint density at radius 2 is 1.77 bits per heavy atom. The van der Waals surface area contributed by atoms with Crippen molar-refractivity contribution in [3.8, 4) is 11.6 Å². The van der Waals surface area contributed by atoms with Gasteiger partial charge in [0.25, 0.3) is 0 Å². The molecule has 0 radical (unpaired) electrons. The lowest BCUT2D eigenvalue weighted by Gasteiger charge is -2.35. The van der Waals surface area contributed by atoms with Crippen LogP contribution >= 0.6 is 0 Å². The van der Waals surface area contributed by atoms with Gasteiger partial charge in [0.15, 0.2) is 17.4 Å². The van der Waals surface area contributed by atoms with E-state index >= 15 is 0 Å². The van der Waals surface area contributed by atoms with Crippen LogP contribution in [-0.4, -0.2) is 52.6 Å². The smallest absolute Gasteiger partial charge is 0.227 e. The molecule has 0 saturated carbocycles. The van der Waals surface area contributed by atoms with Crippen LogP contribution in [0.15, 0.2) is 42.7 Å². The molecule has 35 heavy (non-hydrogen) atoms. The summed E-state index contributed by atoms with van der Waals surface area (Å²) in [6.45, 7) is 11.0. The zero-order chi connectivity index (χ0) is 24.5. The number of benzene rings is 2. The zero-order valence-electron chi connectivity index (χ0n) is 20.0. The number of likely N-dealkylation sites (N-methyl/N-ethyl adjacent to an activating group) is 1. The number of hydrogen-bond acceptors (Lipinski definition) is 6. The molecule has 1 aliphatic rings. The minimum atomic E-state index is -0.645. The Balaban J connectivity index is 1.33. The Bertz CT molecular complexity index is 1350. The van der Waals surface area contributed by atoms with Crippen molar-refractivity contribution in [1.29, 1.82) is 0 Å². The number of aryl methyl sites for hydroxylation is 1. The highest BCUT2D eigenvalue weighted by molar-refractivity contribution is 5.83. The first-order chi connectivity index (χ1) is 16.9. The maximum absolute atomic E-state index is 15.0. The third kappa shape index (κ3) is 4.64. The van der Waals surface area contributed by atoms with E-state index in [1.54, 1.807) is 19.9 Å². The second-order valence-corrected chi connectivity index (χ2v) is 8.76. The maximum Gasteiger partial charge on any atom is 0.227 e. The van der Waals surface area contributed by atoms with Crippen LogP contribution in [0.1, 0.15) is 18.2 Å². The molecule has 0 atom stereocenters. The minimum Gasteiger partial charge on any atom is -0.435 e. The van der Waals surface area contributed by atoms with Gasteiger partial charge in [-0.2, -0.15) is 0 Å². The summed E-state index contributed by atoms with van der Waals surface area (Å²) in [4.78, 5) is 16.1. The molecular weight excluding hydrogens is 450 g/mol. The Morgan fingerprint density at radius 3 is 2.49 bits per heavy atom. The number of piperazine rings is 1. The van der Waals surface area contributed by atoms with Crippen LogP contribution in [0.3, 0.4) is 0 Å². The van der Waals surface area contributed by atoms with E-state index in [0.29, 0.717) is 17.1 Å². The van der Waals surface area contributed by atoms with E-state index in [1.807, 2.05) is 12.1 Å². The number of fused-ring (bicyclic) bond motifs is 1. The van der Waals surface area contributed by atoms with Gasteiger partial charge >= 0.3 is 0 Å². The van der Waals surface area contributed by atoms with Crippen molar-refractivity contribution in [2.24, 2.45) is 0 Å². The highest BCUT2D eigenvalue weighted by Crippen LogP contribution is 2.34. The van der Waals surface area contributed by atoms with Gasteiger partial charge in [0, 0.05) is 54.7 Å². The molecule has 2 N–H and O–H groups in total. The highest BCUT2D eigenvalue weighted by Gasteiger charge is 2.19. The number of hydrogen-bond donors (Lipinski definition) is 2.